The van der Waals surface area contributed by atoms with Gasteiger partial charge in [-0.15, -0.1) is 0 Å². The molecule has 1 rings (SSSR count). The maximum absolute atomic E-state index is 7.52. The quantitative estimate of drug-likeness (QED) is 0.562. The van der Waals surface area contributed by atoms with E-state index in [1.165, 1.54) is 0 Å². The normalized spacial score (nSPS) is 18.4. The zero-order chi connectivity index (χ0) is 11.3. The Morgan fingerprint density at radius 2 is 1.87 bits per heavy atom. The van der Waals surface area contributed by atoms with E-state index in [0.717, 1.165) is 38.3 Å². The number of nitrogens with one attached hydrogen (secondary N) is 1. The van der Waals surface area contributed by atoms with Crippen molar-refractivity contribution in [3.63, 3.8) is 0 Å². The van der Waals surface area contributed by atoms with Gasteiger partial charge in [0.1, 0.15) is 0 Å². The fraction of sp³-hybridized carbons (Fsp3) is 0.583. The van der Waals surface area contributed by atoms with Gasteiger partial charge < -0.3 is 15.2 Å². The molecule has 1 N–H and O–H groups in total. The second-order valence-electron chi connectivity index (χ2n) is 3.99. The molecule has 1 saturated heterocycles. The third kappa shape index (κ3) is 3.88. The smallest absolute Gasteiger partial charge is 0.0311 e. The van der Waals surface area contributed by atoms with Crippen LogP contribution in [0.3, 0.4) is 0 Å². The third-order valence-corrected chi connectivity index (χ3v) is 2.77. The molecule has 0 spiro atoms. The summed E-state index contributed by atoms with van der Waals surface area (Å²) in [7, 11) is 2.14. The molecular formula is C12H21N3. The average Bonchev–Trinajstić information content (AvgIpc) is 2.26. The molecule has 1 heterocycles. The average molecular weight is 207 g/mol. The first kappa shape index (κ1) is 12.0. The molecule has 3 nitrogen and oxygen atoms in total. The summed E-state index contributed by atoms with van der Waals surface area (Å²) in [5.41, 5.74) is 1.69. The van der Waals surface area contributed by atoms with Crippen LogP contribution >= 0.6 is 0 Å². The maximum Gasteiger partial charge on any atom is 0.0311 e. The van der Waals surface area contributed by atoms with Crippen molar-refractivity contribution < 1.29 is 0 Å². The zero-order valence-electron chi connectivity index (χ0n) is 9.79. The molecule has 3 heteroatoms. The van der Waals surface area contributed by atoms with Gasteiger partial charge in [-0.3, -0.25) is 0 Å². The summed E-state index contributed by atoms with van der Waals surface area (Å²) in [6.45, 7) is 10.3. The molecule has 0 aromatic rings. The van der Waals surface area contributed by atoms with Gasteiger partial charge in [0.25, 0.3) is 0 Å². The molecule has 1 aliphatic heterocycles. The van der Waals surface area contributed by atoms with Crippen LogP contribution in [-0.4, -0.2) is 48.7 Å². The van der Waals surface area contributed by atoms with E-state index in [-0.39, 0.29) is 0 Å². The molecule has 0 atom stereocenters. The van der Waals surface area contributed by atoms with Crippen LogP contribution in [0.15, 0.2) is 24.4 Å². The Morgan fingerprint density at radius 1 is 1.27 bits per heavy atom. The van der Waals surface area contributed by atoms with Crippen LogP contribution in [-0.2, 0) is 0 Å². The Labute approximate surface area is 92.6 Å². The number of hydrogen-bond donors (Lipinski definition) is 1. The number of piperazine rings is 1. The molecule has 0 bridgehead atoms. The molecule has 1 aliphatic rings. The summed E-state index contributed by atoms with van der Waals surface area (Å²) in [6, 6.07) is 0. The highest BCUT2D eigenvalue weighted by atomic mass is 15.2. The van der Waals surface area contributed by atoms with E-state index in [1.54, 1.807) is 0 Å². The molecule has 84 valence electrons. The minimum absolute atomic E-state index is 0.658. The molecule has 0 radical (unpaired) electrons. The Hall–Kier alpha value is -1.09. The van der Waals surface area contributed by atoms with Gasteiger partial charge in [0.05, 0.1) is 0 Å². The summed E-state index contributed by atoms with van der Waals surface area (Å²) in [4.78, 5) is 4.60. The number of allylic oxidation sites excluding steroid dienone is 2. The monoisotopic (exact) mass is 207 g/mol. The lowest BCUT2D eigenvalue weighted by Gasteiger charge is -2.34. The van der Waals surface area contributed by atoms with Crippen molar-refractivity contribution in [1.82, 2.24) is 9.80 Å². The first-order valence-electron chi connectivity index (χ1n) is 5.51. The Kier molecular flexibility index (Phi) is 4.56. The van der Waals surface area contributed by atoms with Crippen molar-refractivity contribution in [3.05, 3.63) is 24.4 Å². The van der Waals surface area contributed by atoms with Gasteiger partial charge in [-0.2, -0.15) is 0 Å². The van der Waals surface area contributed by atoms with Gasteiger partial charge in [0, 0.05) is 37.6 Å². The van der Waals surface area contributed by atoms with E-state index in [9.17, 15) is 0 Å². The van der Waals surface area contributed by atoms with Crippen LogP contribution in [0.25, 0.3) is 0 Å². The minimum atomic E-state index is 0.658. The van der Waals surface area contributed by atoms with E-state index >= 15 is 0 Å². The Bertz CT molecular complexity index is 260. The largest absolute Gasteiger partial charge is 0.369 e. The van der Waals surface area contributed by atoms with E-state index in [0.29, 0.717) is 5.71 Å². The van der Waals surface area contributed by atoms with Crippen molar-refractivity contribution >= 4 is 5.71 Å². The second kappa shape index (κ2) is 5.71. The number of rotatable bonds is 4. The number of likely N-dealkylation sites (N-methyl/N-ethyl adjacent to an activating group) is 1. The Morgan fingerprint density at radius 3 is 2.40 bits per heavy atom. The highest BCUT2D eigenvalue weighted by molar-refractivity contribution is 5.92. The van der Waals surface area contributed by atoms with Crippen LogP contribution in [0.4, 0.5) is 0 Å². The SMILES string of the molecule is C=C(/C=C\C(=N)CC)N1CCN(C)CC1. The van der Waals surface area contributed by atoms with Crippen molar-refractivity contribution in [2.75, 3.05) is 33.2 Å². The van der Waals surface area contributed by atoms with Crippen molar-refractivity contribution in [2.24, 2.45) is 0 Å². The van der Waals surface area contributed by atoms with Crippen LogP contribution in [0, 0.1) is 5.41 Å². The summed E-state index contributed by atoms with van der Waals surface area (Å²) >= 11 is 0. The molecule has 0 aromatic carbocycles. The van der Waals surface area contributed by atoms with E-state index < -0.39 is 0 Å². The highest BCUT2D eigenvalue weighted by Gasteiger charge is 2.13. The highest BCUT2D eigenvalue weighted by Crippen LogP contribution is 2.08. The fourth-order valence-corrected chi connectivity index (χ4v) is 1.51. The molecule has 0 unspecified atom stereocenters. The van der Waals surface area contributed by atoms with Crippen LogP contribution < -0.4 is 0 Å². The molecular weight excluding hydrogens is 186 g/mol. The van der Waals surface area contributed by atoms with Gasteiger partial charge in [0.2, 0.25) is 0 Å². The summed E-state index contributed by atoms with van der Waals surface area (Å²) in [5.74, 6) is 0. The van der Waals surface area contributed by atoms with Crippen molar-refractivity contribution in [2.45, 2.75) is 13.3 Å². The predicted octanol–water partition coefficient (Wildman–Crippen LogP) is 1.73. The molecule has 0 aliphatic carbocycles. The first-order valence-corrected chi connectivity index (χ1v) is 5.51. The van der Waals surface area contributed by atoms with Crippen LogP contribution in [0.5, 0.6) is 0 Å². The predicted molar refractivity (Wildman–Crippen MR) is 65.4 cm³/mol. The zero-order valence-corrected chi connectivity index (χ0v) is 9.79. The minimum Gasteiger partial charge on any atom is -0.369 e. The number of hydrogen-bond acceptors (Lipinski definition) is 3. The lowest BCUT2D eigenvalue weighted by molar-refractivity contribution is 0.190. The lowest BCUT2D eigenvalue weighted by Crippen LogP contribution is -2.43. The maximum atomic E-state index is 7.52. The van der Waals surface area contributed by atoms with E-state index in [4.69, 9.17) is 5.41 Å². The third-order valence-electron chi connectivity index (χ3n) is 2.77. The summed E-state index contributed by atoms with van der Waals surface area (Å²) in [6.07, 6.45) is 4.59. The molecule has 0 amide bonds. The van der Waals surface area contributed by atoms with E-state index in [2.05, 4.69) is 23.4 Å². The topological polar surface area (TPSA) is 30.3 Å². The number of nitrogens with zero attached hydrogens (tertiary/aromatic N) is 2. The standard InChI is InChI=1S/C12H21N3/c1-4-12(13)6-5-11(2)15-9-7-14(3)8-10-15/h5-6,13H,2,4,7-10H2,1,3H3/b6-5-,13-12?. The Balaban J connectivity index is 2.40. The first-order chi connectivity index (χ1) is 7.13. The van der Waals surface area contributed by atoms with Crippen LogP contribution in [0.1, 0.15) is 13.3 Å². The van der Waals surface area contributed by atoms with Gasteiger partial charge in [0.15, 0.2) is 0 Å². The van der Waals surface area contributed by atoms with Gasteiger partial charge >= 0.3 is 0 Å². The van der Waals surface area contributed by atoms with Crippen molar-refractivity contribution in [1.29, 1.82) is 5.41 Å². The summed E-state index contributed by atoms with van der Waals surface area (Å²) < 4.78 is 0. The summed E-state index contributed by atoms with van der Waals surface area (Å²) in [5, 5.41) is 7.52. The molecule has 0 aromatic heterocycles. The fourth-order valence-electron chi connectivity index (χ4n) is 1.51. The van der Waals surface area contributed by atoms with Gasteiger partial charge in [-0.1, -0.05) is 13.5 Å². The van der Waals surface area contributed by atoms with Crippen molar-refractivity contribution in [3.8, 4) is 0 Å². The van der Waals surface area contributed by atoms with Gasteiger partial charge in [-0.25, -0.2) is 0 Å². The second-order valence-corrected chi connectivity index (χ2v) is 3.99. The van der Waals surface area contributed by atoms with Crippen LogP contribution in [0.2, 0.25) is 0 Å². The molecule has 15 heavy (non-hydrogen) atoms. The molecule has 1 fully saturated rings. The lowest BCUT2D eigenvalue weighted by atomic mass is 10.2. The van der Waals surface area contributed by atoms with Gasteiger partial charge in [-0.05, 0) is 25.6 Å². The molecule has 0 saturated carbocycles. The van der Waals surface area contributed by atoms with E-state index in [1.807, 2.05) is 19.1 Å².